The Hall–Kier alpha value is -1.35. The van der Waals surface area contributed by atoms with Gasteiger partial charge in [-0.15, -0.1) is 0 Å². The summed E-state index contributed by atoms with van der Waals surface area (Å²) < 4.78 is 18.1. The van der Waals surface area contributed by atoms with E-state index in [1.54, 1.807) is 6.07 Å². The number of hydrogen-bond donors (Lipinski definition) is 1. The molecule has 0 aliphatic carbocycles. The number of hydrogen-bond acceptors (Lipinski definition) is 2. The van der Waals surface area contributed by atoms with Gasteiger partial charge in [-0.3, -0.25) is 0 Å². The van der Waals surface area contributed by atoms with Crippen LogP contribution in [0.25, 0.3) is 0 Å². The summed E-state index contributed by atoms with van der Waals surface area (Å²) in [6.07, 6.45) is 5.58. The number of nitrogens with two attached hydrogens (primary N) is 1. The molecular formula is C12H16FNO. The fraction of sp³-hybridized carbons (Fsp3) is 0.333. The molecule has 0 atom stereocenters. The molecule has 15 heavy (non-hydrogen) atoms. The Morgan fingerprint density at radius 1 is 1.40 bits per heavy atom. The summed E-state index contributed by atoms with van der Waals surface area (Å²) in [5, 5.41) is 0. The SMILES string of the molecule is COc1ccc(CC=CCCN)cc1F. The van der Waals surface area contributed by atoms with Crippen molar-refractivity contribution in [3.05, 3.63) is 41.7 Å². The maximum atomic E-state index is 13.3. The first-order valence-corrected chi connectivity index (χ1v) is 4.95. The van der Waals surface area contributed by atoms with Crippen molar-refractivity contribution in [2.24, 2.45) is 5.73 Å². The van der Waals surface area contributed by atoms with Gasteiger partial charge in [0.1, 0.15) is 0 Å². The third-order valence-electron chi connectivity index (χ3n) is 2.07. The summed E-state index contributed by atoms with van der Waals surface area (Å²) in [4.78, 5) is 0. The molecule has 0 spiro atoms. The molecule has 1 aromatic carbocycles. The van der Waals surface area contributed by atoms with E-state index in [0.717, 1.165) is 18.4 Å². The molecule has 0 radical (unpaired) electrons. The monoisotopic (exact) mass is 209 g/mol. The Balaban J connectivity index is 2.59. The van der Waals surface area contributed by atoms with Crippen LogP contribution in [0.2, 0.25) is 0 Å². The van der Waals surface area contributed by atoms with Gasteiger partial charge in [-0.25, -0.2) is 4.39 Å². The summed E-state index contributed by atoms with van der Waals surface area (Å²) in [6.45, 7) is 0.646. The number of halogens is 1. The molecule has 0 aromatic heterocycles. The van der Waals surface area contributed by atoms with E-state index < -0.39 is 0 Å². The van der Waals surface area contributed by atoms with Crippen LogP contribution in [0.4, 0.5) is 4.39 Å². The summed E-state index contributed by atoms with van der Waals surface area (Å²) in [6, 6.07) is 4.99. The molecule has 0 saturated heterocycles. The van der Waals surface area contributed by atoms with Crippen molar-refractivity contribution in [2.45, 2.75) is 12.8 Å². The largest absolute Gasteiger partial charge is 0.494 e. The van der Waals surface area contributed by atoms with Gasteiger partial charge in [-0.1, -0.05) is 18.2 Å². The number of allylic oxidation sites excluding steroid dienone is 1. The zero-order valence-corrected chi connectivity index (χ0v) is 8.87. The van der Waals surface area contributed by atoms with Crippen molar-refractivity contribution in [1.29, 1.82) is 0 Å². The van der Waals surface area contributed by atoms with Gasteiger partial charge in [0.2, 0.25) is 0 Å². The van der Waals surface area contributed by atoms with Gasteiger partial charge < -0.3 is 10.5 Å². The lowest BCUT2D eigenvalue weighted by Gasteiger charge is -2.02. The van der Waals surface area contributed by atoms with E-state index in [4.69, 9.17) is 10.5 Å². The van der Waals surface area contributed by atoms with E-state index in [0.29, 0.717) is 6.54 Å². The fourth-order valence-electron chi connectivity index (χ4n) is 1.27. The normalized spacial score (nSPS) is 10.9. The molecule has 0 heterocycles. The molecule has 0 fully saturated rings. The van der Waals surface area contributed by atoms with E-state index in [2.05, 4.69) is 0 Å². The van der Waals surface area contributed by atoms with Crippen LogP contribution in [-0.2, 0) is 6.42 Å². The Bertz CT molecular complexity index is 336. The lowest BCUT2D eigenvalue weighted by Crippen LogP contribution is -1.95. The van der Waals surface area contributed by atoms with Crippen LogP contribution in [0.15, 0.2) is 30.4 Å². The highest BCUT2D eigenvalue weighted by molar-refractivity contribution is 5.30. The zero-order chi connectivity index (χ0) is 11.1. The zero-order valence-electron chi connectivity index (χ0n) is 8.87. The van der Waals surface area contributed by atoms with Crippen molar-refractivity contribution in [3.63, 3.8) is 0 Å². The predicted octanol–water partition coefficient (Wildman–Crippen LogP) is 2.28. The Labute approximate surface area is 89.6 Å². The third kappa shape index (κ3) is 3.72. The second-order valence-electron chi connectivity index (χ2n) is 3.22. The minimum Gasteiger partial charge on any atom is -0.494 e. The van der Waals surface area contributed by atoms with Gasteiger partial charge in [-0.2, -0.15) is 0 Å². The van der Waals surface area contributed by atoms with E-state index in [1.165, 1.54) is 13.2 Å². The van der Waals surface area contributed by atoms with Crippen LogP contribution in [0.5, 0.6) is 5.75 Å². The molecule has 0 aliphatic heterocycles. The average Bonchev–Trinajstić information content (AvgIpc) is 2.25. The summed E-state index contributed by atoms with van der Waals surface area (Å²) in [7, 11) is 1.46. The molecule has 2 nitrogen and oxygen atoms in total. The fourth-order valence-corrected chi connectivity index (χ4v) is 1.27. The van der Waals surface area contributed by atoms with Gasteiger partial charge >= 0.3 is 0 Å². The molecule has 0 saturated carbocycles. The third-order valence-corrected chi connectivity index (χ3v) is 2.07. The molecule has 2 N–H and O–H groups in total. The standard InChI is InChI=1S/C12H16FNO/c1-15-12-7-6-10(9-11(12)13)5-3-2-4-8-14/h2-3,6-7,9H,4-5,8,14H2,1H3. The minimum absolute atomic E-state index is 0.282. The quantitative estimate of drug-likeness (QED) is 0.755. The highest BCUT2D eigenvalue weighted by Crippen LogP contribution is 2.17. The van der Waals surface area contributed by atoms with Crippen molar-refractivity contribution in [3.8, 4) is 5.75 Å². The topological polar surface area (TPSA) is 35.2 Å². The van der Waals surface area contributed by atoms with E-state index >= 15 is 0 Å². The molecule has 0 bridgehead atoms. The van der Waals surface area contributed by atoms with Crippen molar-refractivity contribution >= 4 is 0 Å². The molecular weight excluding hydrogens is 193 g/mol. The molecule has 82 valence electrons. The van der Waals surface area contributed by atoms with Gasteiger partial charge in [0, 0.05) is 0 Å². The summed E-state index contributed by atoms with van der Waals surface area (Å²) >= 11 is 0. The van der Waals surface area contributed by atoms with Gasteiger partial charge in [-0.05, 0) is 37.1 Å². The number of benzene rings is 1. The van der Waals surface area contributed by atoms with Gasteiger partial charge in [0.15, 0.2) is 11.6 Å². The molecule has 1 aromatic rings. The van der Waals surface area contributed by atoms with Crippen molar-refractivity contribution < 1.29 is 9.13 Å². The lowest BCUT2D eigenvalue weighted by molar-refractivity contribution is 0.386. The lowest BCUT2D eigenvalue weighted by atomic mass is 10.1. The van der Waals surface area contributed by atoms with E-state index in [-0.39, 0.29) is 11.6 Å². The summed E-state index contributed by atoms with van der Waals surface area (Å²) in [5.74, 6) is -0.0353. The van der Waals surface area contributed by atoms with Crippen LogP contribution in [0.3, 0.4) is 0 Å². The second-order valence-corrected chi connectivity index (χ2v) is 3.22. The first-order chi connectivity index (χ1) is 7.27. The van der Waals surface area contributed by atoms with E-state index in [9.17, 15) is 4.39 Å². The van der Waals surface area contributed by atoms with Crippen LogP contribution in [0, 0.1) is 5.82 Å². The van der Waals surface area contributed by atoms with Crippen molar-refractivity contribution in [2.75, 3.05) is 13.7 Å². The van der Waals surface area contributed by atoms with Crippen LogP contribution in [0.1, 0.15) is 12.0 Å². The maximum Gasteiger partial charge on any atom is 0.165 e. The Kier molecular flexibility index (Phi) is 4.84. The van der Waals surface area contributed by atoms with Gasteiger partial charge in [0.25, 0.3) is 0 Å². The first kappa shape index (κ1) is 11.7. The first-order valence-electron chi connectivity index (χ1n) is 4.95. The molecule has 0 aliphatic rings. The molecule has 0 unspecified atom stereocenters. The highest BCUT2D eigenvalue weighted by atomic mass is 19.1. The number of methoxy groups -OCH3 is 1. The predicted molar refractivity (Wildman–Crippen MR) is 59.5 cm³/mol. The molecule has 3 heteroatoms. The smallest absolute Gasteiger partial charge is 0.165 e. The number of ether oxygens (including phenoxy) is 1. The molecule has 0 amide bonds. The van der Waals surface area contributed by atoms with Crippen molar-refractivity contribution in [1.82, 2.24) is 0 Å². The van der Waals surface area contributed by atoms with Crippen LogP contribution in [-0.4, -0.2) is 13.7 Å². The van der Waals surface area contributed by atoms with Crippen LogP contribution < -0.4 is 10.5 Å². The maximum absolute atomic E-state index is 13.3. The van der Waals surface area contributed by atoms with Gasteiger partial charge in [0.05, 0.1) is 7.11 Å². The highest BCUT2D eigenvalue weighted by Gasteiger charge is 2.01. The molecule has 1 rings (SSSR count). The average molecular weight is 209 g/mol. The Morgan fingerprint density at radius 2 is 2.20 bits per heavy atom. The minimum atomic E-state index is -0.317. The summed E-state index contributed by atoms with van der Waals surface area (Å²) in [5.41, 5.74) is 6.27. The van der Waals surface area contributed by atoms with E-state index in [1.807, 2.05) is 18.2 Å². The number of rotatable bonds is 5. The Morgan fingerprint density at radius 3 is 2.80 bits per heavy atom. The van der Waals surface area contributed by atoms with Crippen LogP contribution >= 0.6 is 0 Å². The second kappa shape index (κ2) is 6.19.